The Morgan fingerprint density at radius 2 is 1.73 bits per heavy atom. The summed E-state index contributed by atoms with van der Waals surface area (Å²) in [5.74, 6) is 0. The van der Waals surface area contributed by atoms with E-state index in [1.807, 2.05) is 11.0 Å². The fourth-order valence-electron chi connectivity index (χ4n) is 4.22. The molecule has 1 amide bonds. The molecule has 2 aliphatic rings. The lowest BCUT2D eigenvalue weighted by Gasteiger charge is -2.37. The maximum Gasteiger partial charge on any atom is 0.410 e. The van der Waals surface area contributed by atoms with Gasteiger partial charge in [-0.2, -0.15) is 8.78 Å². The quantitative estimate of drug-likeness (QED) is 0.741. The fraction of sp³-hybridized carbons (Fsp3) is 0.409. The number of anilines is 1. The molecule has 2 aromatic rings. The van der Waals surface area contributed by atoms with Crippen LogP contribution in [0.15, 0.2) is 42.5 Å². The van der Waals surface area contributed by atoms with Crippen molar-refractivity contribution in [2.45, 2.75) is 31.2 Å². The van der Waals surface area contributed by atoms with E-state index in [0.29, 0.717) is 37.3 Å². The number of rotatable bonds is 3. The van der Waals surface area contributed by atoms with Gasteiger partial charge >= 0.3 is 6.09 Å². The first-order valence-electron chi connectivity index (χ1n) is 9.97. The molecule has 2 unspecified atom stereocenters. The van der Waals surface area contributed by atoms with Gasteiger partial charge in [0.05, 0.1) is 6.10 Å². The number of benzene rings is 2. The largest absolute Gasteiger partial charge is 0.447 e. The highest BCUT2D eigenvalue weighted by Gasteiger charge is 2.57. The third kappa shape index (κ3) is 3.34. The number of amides is 1. The number of alkyl halides is 2. The van der Waals surface area contributed by atoms with Crippen molar-refractivity contribution in [1.29, 1.82) is 0 Å². The number of hydrogen-bond acceptors (Lipinski definition) is 4. The number of ether oxygens (including phenoxy) is 1. The third-order valence-corrected chi connectivity index (χ3v) is 6.14. The number of hydrogen-bond donors (Lipinski definition) is 1. The van der Waals surface area contributed by atoms with E-state index in [2.05, 4.69) is 0 Å². The SMILES string of the molecule is CC(C)OC(=O)N1CCN(c2ccc3c(c2)C(O)(C(F)(F)P)c2ccccc2-3)CC1. The van der Waals surface area contributed by atoms with Crippen LogP contribution in [-0.2, 0) is 10.3 Å². The molecule has 160 valence electrons. The minimum Gasteiger partial charge on any atom is -0.447 e. The Hall–Kier alpha value is -2.24. The Balaban J connectivity index is 1.62. The van der Waals surface area contributed by atoms with Crippen LogP contribution in [0.4, 0.5) is 19.3 Å². The molecule has 0 aromatic heterocycles. The normalized spacial score (nSPS) is 20.9. The Labute approximate surface area is 176 Å². The van der Waals surface area contributed by atoms with Crippen LogP contribution in [0, 0.1) is 0 Å². The average molecular weight is 434 g/mol. The minimum atomic E-state index is -3.44. The Kier molecular flexibility index (Phi) is 5.23. The predicted octanol–water partition coefficient (Wildman–Crippen LogP) is 4.04. The van der Waals surface area contributed by atoms with Crippen molar-refractivity contribution in [3.8, 4) is 11.1 Å². The lowest BCUT2D eigenvalue weighted by molar-refractivity contribution is -0.0963. The zero-order valence-corrected chi connectivity index (χ0v) is 18.1. The molecule has 30 heavy (non-hydrogen) atoms. The van der Waals surface area contributed by atoms with Crippen molar-refractivity contribution in [3.05, 3.63) is 53.6 Å². The molecule has 1 aliphatic heterocycles. The van der Waals surface area contributed by atoms with Crippen molar-refractivity contribution >= 4 is 21.0 Å². The number of halogens is 2. The molecular weight excluding hydrogens is 409 g/mol. The van der Waals surface area contributed by atoms with Gasteiger partial charge in [0.2, 0.25) is 0 Å². The predicted molar refractivity (Wildman–Crippen MR) is 115 cm³/mol. The Morgan fingerprint density at radius 3 is 2.37 bits per heavy atom. The number of carbonyl (C=O) groups is 1. The highest BCUT2D eigenvalue weighted by atomic mass is 31.0. The van der Waals surface area contributed by atoms with Gasteiger partial charge in [-0.05, 0) is 37.1 Å². The number of aliphatic hydroxyl groups is 1. The highest BCUT2D eigenvalue weighted by molar-refractivity contribution is 7.18. The molecule has 4 rings (SSSR count). The number of carbonyl (C=O) groups excluding carboxylic acids is 1. The maximum atomic E-state index is 14.6. The highest BCUT2D eigenvalue weighted by Crippen LogP contribution is 2.57. The number of nitrogens with zero attached hydrogens (tertiary/aromatic N) is 2. The van der Waals surface area contributed by atoms with E-state index in [1.54, 1.807) is 55.1 Å². The van der Waals surface area contributed by atoms with Crippen LogP contribution in [0.2, 0.25) is 0 Å². The molecule has 5 nitrogen and oxygen atoms in total. The van der Waals surface area contributed by atoms with Crippen molar-refractivity contribution in [1.82, 2.24) is 4.90 Å². The molecule has 1 aliphatic carbocycles. The summed E-state index contributed by atoms with van der Waals surface area (Å²) in [7, 11) is 1.49. The van der Waals surface area contributed by atoms with E-state index in [9.17, 15) is 18.7 Å². The zero-order valence-electron chi connectivity index (χ0n) is 16.9. The van der Waals surface area contributed by atoms with E-state index in [0.717, 1.165) is 5.69 Å². The fourth-order valence-corrected chi connectivity index (χ4v) is 4.54. The summed E-state index contributed by atoms with van der Waals surface area (Å²) in [6, 6.07) is 12.0. The second-order valence-electron chi connectivity index (χ2n) is 8.02. The second kappa shape index (κ2) is 7.47. The van der Waals surface area contributed by atoms with Gasteiger partial charge in [-0.3, -0.25) is 0 Å². The van der Waals surface area contributed by atoms with Crippen molar-refractivity contribution < 1.29 is 23.4 Å². The summed E-state index contributed by atoms with van der Waals surface area (Å²) in [5, 5.41) is 11.2. The molecule has 1 N–H and O–H groups in total. The lowest BCUT2D eigenvalue weighted by atomic mass is 9.91. The molecule has 0 spiro atoms. The number of piperazine rings is 1. The molecule has 0 bridgehead atoms. The topological polar surface area (TPSA) is 53.0 Å². The summed E-state index contributed by atoms with van der Waals surface area (Å²) in [4.78, 5) is 15.8. The summed E-state index contributed by atoms with van der Waals surface area (Å²) in [6.07, 6.45) is -0.522. The van der Waals surface area contributed by atoms with Crippen LogP contribution in [0.1, 0.15) is 25.0 Å². The van der Waals surface area contributed by atoms with Crippen LogP contribution in [0.3, 0.4) is 0 Å². The van der Waals surface area contributed by atoms with Crippen molar-refractivity contribution in [3.63, 3.8) is 0 Å². The molecule has 0 saturated carbocycles. The summed E-state index contributed by atoms with van der Waals surface area (Å²) >= 11 is 0. The smallest absolute Gasteiger partial charge is 0.410 e. The minimum absolute atomic E-state index is 0.180. The van der Waals surface area contributed by atoms with Crippen LogP contribution < -0.4 is 4.90 Å². The van der Waals surface area contributed by atoms with Gasteiger partial charge in [0.15, 0.2) is 5.60 Å². The molecule has 2 aromatic carbocycles. The monoisotopic (exact) mass is 434 g/mol. The molecule has 1 heterocycles. The number of fused-ring (bicyclic) bond motifs is 3. The van der Waals surface area contributed by atoms with Gasteiger partial charge < -0.3 is 19.6 Å². The van der Waals surface area contributed by atoms with Gasteiger partial charge in [-0.25, -0.2) is 4.79 Å². The molecular formula is C22H25F2N2O3P. The van der Waals surface area contributed by atoms with Crippen LogP contribution in [-0.4, -0.2) is 54.0 Å². The van der Waals surface area contributed by atoms with E-state index in [-0.39, 0.29) is 23.3 Å². The summed E-state index contributed by atoms with van der Waals surface area (Å²) < 4.78 is 34.5. The summed E-state index contributed by atoms with van der Waals surface area (Å²) in [5.41, 5.74) is -3.48. The first-order chi connectivity index (χ1) is 14.1. The van der Waals surface area contributed by atoms with E-state index >= 15 is 0 Å². The van der Waals surface area contributed by atoms with E-state index in [4.69, 9.17) is 4.74 Å². The van der Waals surface area contributed by atoms with Crippen LogP contribution in [0.5, 0.6) is 0 Å². The van der Waals surface area contributed by atoms with Gasteiger partial charge in [-0.1, -0.05) is 39.6 Å². The lowest BCUT2D eigenvalue weighted by Crippen LogP contribution is -2.49. The molecule has 1 fully saturated rings. The van der Waals surface area contributed by atoms with Gasteiger partial charge in [0.1, 0.15) is 0 Å². The Morgan fingerprint density at radius 1 is 1.10 bits per heavy atom. The summed E-state index contributed by atoms with van der Waals surface area (Å²) in [6.45, 7) is 5.67. The molecule has 2 atom stereocenters. The van der Waals surface area contributed by atoms with Gasteiger partial charge in [-0.15, -0.1) is 0 Å². The van der Waals surface area contributed by atoms with E-state index < -0.39 is 11.3 Å². The second-order valence-corrected chi connectivity index (χ2v) is 8.74. The zero-order chi connectivity index (χ0) is 21.7. The standard InChI is InChI=1S/C22H25F2N2O3P/c1-14(2)29-20(27)26-11-9-25(10-12-26)15-7-8-17-16-5-3-4-6-18(16)21(28,19(17)13-15)22(23,24)30/h3-8,13-14,28H,9-12,30H2,1-2H3. The van der Waals surface area contributed by atoms with Gasteiger partial charge in [0, 0.05) is 43.0 Å². The Bertz CT molecular complexity index is 971. The van der Waals surface area contributed by atoms with Crippen LogP contribution >= 0.6 is 9.24 Å². The molecule has 1 saturated heterocycles. The van der Waals surface area contributed by atoms with Crippen molar-refractivity contribution in [2.75, 3.05) is 31.1 Å². The first kappa shape index (κ1) is 21.0. The van der Waals surface area contributed by atoms with E-state index in [1.165, 1.54) is 9.24 Å². The van der Waals surface area contributed by atoms with Gasteiger partial charge in [0.25, 0.3) is 5.66 Å². The third-order valence-electron chi connectivity index (χ3n) is 5.72. The van der Waals surface area contributed by atoms with Crippen molar-refractivity contribution in [2.24, 2.45) is 0 Å². The molecule has 0 radical (unpaired) electrons. The first-order valence-corrected chi connectivity index (χ1v) is 10.5. The molecule has 8 heteroatoms. The van der Waals surface area contributed by atoms with Crippen LogP contribution in [0.25, 0.3) is 11.1 Å². The average Bonchev–Trinajstić information content (AvgIpc) is 2.97. The maximum absolute atomic E-state index is 14.6.